The fraction of sp³-hybridized carbons (Fsp3) is 0.200. The monoisotopic (exact) mass is 408 g/mol. The number of carbonyl (C=O) groups excluding carboxylic acids is 1. The zero-order valence-corrected chi connectivity index (χ0v) is 17.5. The van der Waals surface area contributed by atoms with Gasteiger partial charge in [0, 0.05) is 34.4 Å². The molecule has 0 spiro atoms. The minimum atomic E-state index is 0.0460. The third-order valence-corrected chi connectivity index (χ3v) is 7.07. The summed E-state index contributed by atoms with van der Waals surface area (Å²) in [5.41, 5.74) is 6.67. The molecule has 5 rings (SSSR count). The minimum absolute atomic E-state index is 0.0460. The Balaban J connectivity index is 1.32. The zero-order valence-electron chi connectivity index (χ0n) is 16.7. The van der Waals surface area contributed by atoms with Crippen LogP contribution in [0.2, 0.25) is 0 Å². The molecule has 5 heteroatoms. The van der Waals surface area contributed by atoms with Crippen molar-refractivity contribution in [2.75, 3.05) is 11.4 Å². The predicted molar refractivity (Wildman–Crippen MR) is 123 cm³/mol. The van der Waals surface area contributed by atoms with Gasteiger partial charge in [-0.2, -0.15) is 0 Å². The molecule has 2 heterocycles. The summed E-state index contributed by atoms with van der Waals surface area (Å²) < 4.78 is 0. The van der Waals surface area contributed by atoms with E-state index in [2.05, 4.69) is 48.4 Å². The summed E-state index contributed by atoms with van der Waals surface area (Å²) >= 11 is 1.83. The molecule has 3 nitrogen and oxygen atoms in total. The van der Waals surface area contributed by atoms with Gasteiger partial charge in [-0.3, -0.25) is 4.79 Å². The summed E-state index contributed by atoms with van der Waals surface area (Å²) in [4.78, 5) is 16.4. The second kappa shape index (κ2) is 8.05. The number of amides is 1. The van der Waals surface area contributed by atoms with Crippen LogP contribution in [0, 0.1) is 11.2 Å². The third-order valence-electron chi connectivity index (χ3n) is 6.01. The lowest BCUT2D eigenvalue weighted by atomic mass is 9.49. The molecule has 0 saturated carbocycles. The van der Waals surface area contributed by atoms with Gasteiger partial charge in [-0.25, -0.2) is 5.26 Å². The summed E-state index contributed by atoms with van der Waals surface area (Å²) in [7, 11) is 0. The van der Waals surface area contributed by atoms with E-state index in [0.29, 0.717) is 0 Å². The lowest BCUT2D eigenvalue weighted by molar-refractivity contribution is 0.0989. The summed E-state index contributed by atoms with van der Waals surface area (Å²) in [5, 5.41) is 9.20. The summed E-state index contributed by atoms with van der Waals surface area (Å²) in [5.74, 6) is 3.36. The first-order valence-electron chi connectivity index (χ1n) is 10.3. The molecule has 0 aliphatic carbocycles. The summed E-state index contributed by atoms with van der Waals surface area (Å²) in [6.07, 6.45) is 2.45. The van der Waals surface area contributed by atoms with E-state index in [1.54, 1.807) is 0 Å². The van der Waals surface area contributed by atoms with Gasteiger partial charge in [0.15, 0.2) is 0 Å². The number of benzene rings is 3. The van der Waals surface area contributed by atoms with Crippen LogP contribution in [-0.2, 0) is 24.8 Å². The van der Waals surface area contributed by atoms with E-state index < -0.39 is 0 Å². The molecule has 0 aromatic heterocycles. The molecule has 0 atom stereocenters. The van der Waals surface area contributed by atoms with Crippen LogP contribution < -0.4 is 4.90 Å². The van der Waals surface area contributed by atoms with Crippen molar-refractivity contribution in [1.82, 2.24) is 0 Å². The highest BCUT2D eigenvalue weighted by Crippen LogP contribution is 2.34. The normalized spacial score (nSPS) is 14.4. The largest absolute Gasteiger partial charge is 0.308 e. The Labute approximate surface area is 181 Å². The van der Waals surface area contributed by atoms with Gasteiger partial charge in [-0.15, -0.1) is 11.8 Å². The van der Waals surface area contributed by atoms with E-state index in [1.807, 2.05) is 40.9 Å². The van der Waals surface area contributed by atoms with E-state index in [1.165, 1.54) is 21.6 Å². The number of nitrogens with zero attached hydrogens (tertiary/aromatic N) is 2. The molecule has 0 radical (unpaired) electrons. The summed E-state index contributed by atoms with van der Waals surface area (Å²) in [6.45, 7) is 0.767. The molecule has 2 aliphatic heterocycles. The highest BCUT2D eigenvalue weighted by atomic mass is 32.2. The average molecular weight is 408 g/mol. The Bertz CT molecular complexity index is 1160. The standard InChI is InChI=1S/C25H21BN2OS/c27-17-26-14-21-7-6-20(12-22(21)15-26)25(29)28-11-10-19-13-23(8-9-24(19)28)30-16-18-4-2-1-3-5-18/h1-9,12-13H,10-11,14-16H2. The number of fused-ring (bicyclic) bond motifs is 2. The number of thioether (sulfide) groups is 1. The fourth-order valence-electron chi connectivity index (χ4n) is 4.42. The molecule has 3 aromatic rings. The van der Waals surface area contributed by atoms with Crippen LogP contribution in [-0.4, -0.2) is 19.2 Å². The topological polar surface area (TPSA) is 44.1 Å². The molecule has 3 aromatic carbocycles. The van der Waals surface area contributed by atoms with Gasteiger partial charge in [0.2, 0.25) is 0 Å². The average Bonchev–Trinajstić information content (AvgIpc) is 3.40. The van der Waals surface area contributed by atoms with Crippen molar-refractivity contribution < 1.29 is 4.79 Å². The molecular formula is C25H21BN2OS. The van der Waals surface area contributed by atoms with Crippen molar-refractivity contribution in [3.63, 3.8) is 0 Å². The second-order valence-electron chi connectivity index (χ2n) is 7.99. The Kier molecular flexibility index (Phi) is 5.10. The Morgan fingerprint density at radius 3 is 2.67 bits per heavy atom. The molecule has 0 unspecified atom stereocenters. The maximum atomic E-state index is 13.2. The first kappa shape index (κ1) is 19.0. The smallest absolute Gasteiger partial charge is 0.276 e. The van der Waals surface area contributed by atoms with Gasteiger partial charge in [-0.1, -0.05) is 47.5 Å². The van der Waals surface area contributed by atoms with Crippen molar-refractivity contribution >= 4 is 30.1 Å². The van der Waals surface area contributed by atoms with Crippen LogP contribution in [0.25, 0.3) is 0 Å². The molecular weight excluding hydrogens is 387 g/mol. The maximum Gasteiger partial charge on any atom is 0.276 e. The highest BCUT2D eigenvalue weighted by Gasteiger charge is 2.29. The number of hydrogen-bond donors (Lipinski definition) is 0. The van der Waals surface area contributed by atoms with Crippen molar-refractivity contribution in [3.8, 4) is 5.97 Å². The molecule has 1 amide bonds. The fourth-order valence-corrected chi connectivity index (χ4v) is 5.33. The highest BCUT2D eigenvalue weighted by molar-refractivity contribution is 7.98. The van der Waals surface area contributed by atoms with Crippen LogP contribution in [0.3, 0.4) is 0 Å². The van der Waals surface area contributed by atoms with Crippen molar-refractivity contribution in [2.24, 2.45) is 0 Å². The van der Waals surface area contributed by atoms with Crippen LogP contribution in [0.1, 0.15) is 32.6 Å². The molecule has 0 fully saturated rings. The zero-order chi connectivity index (χ0) is 20.5. The Hall–Kier alpha value is -2.97. The number of carbonyl (C=O) groups is 1. The summed E-state index contributed by atoms with van der Waals surface area (Å²) in [6, 6.07) is 22.9. The molecule has 0 bridgehead atoms. The van der Waals surface area contributed by atoms with Crippen molar-refractivity contribution in [1.29, 1.82) is 5.26 Å². The Morgan fingerprint density at radius 2 is 1.83 bits per heavy atom. The van der Waals surface area contributed by atoms with Crippen LogP contribution in [0.15, 0.2) is 71.6 Å². The molecule has 0 saturated heterocycles. The quantitative estimate of drug-likeness (QED) is 0.455. The number of anilines is 1. The van der Waals surface area contributed by atoms with E-state index in [0.717, 1.165) is 48.2 Å². The number of rotatable bonds is 4. The van der Waals surface area contributed by atoms with Crippen molar-refractivity contribution in [2.45, 2.75) is 29.7 Å². The van der Waals surface area contributed by atoms with E-state index >= 15 is 0 Å². The minimum Gasteiger partial charge on any atom is -0.308 e. The maximum absolute atomic E-state index is 13.2. The van der Waals surface area contributed by atoms with Crippen LogP contribution >= 0.6 is 11.8 Å². The predicted octanol–water partition coefficient (Wildman–Crippen LogP) is 4.92. The first-order chi connectivity index (χ1) is 14.7. The van der Waals surface area contributed by atoms with Gasteiger partial charge in [0.05, 0.1) is 0 Å². The van der Waals surface area contributed by atoms with Gasteiger partial charge >= 0.3 is 0 Å². The van der Waals surface area contributed by atoms with Gasteiger partial charge < -0.3 is 4.90 Å². The van der Waals surface area contributed by atoms with Crippen molar-refractivity contribution in [3.05, 3.63) is 94.5 Å². The van der Waals surface area contributed by atoms with Crippen LogP contribution in [0.4, 0.5) is 5.69 Å². The van der Waals surface area contributed by atoms with Gasteiger partial charge in [0.25, 0.3) is 12.6 Å². The Morgan fingerprint density at radius 1 is 1.00 bits per heavy atom. The lowest BCUT2D eigenvalue weighted by Gasteiger charge is -2.18. The van der Waals surface area contributed by atoms with Gasteiger partial charge in [-0.05, 0) is 60.5 Å². The SMILES string of the molecule is N#CB1Cc2ccc(C(=O)N3CCc4cc(SCc5ccccc5)ccc43)cc2C1. The molecule has 0 N–H and O–H groups in total. The number of hydrogen-bond acceptors (Lipinski definition) is 3. The van der Waals surface area contributed by atoms with E-state index in [4.69, 9.17) is 0 Å². The van der Waals surface area contributed by atoms with E-state index in [-0.39, 0.29) is 12.6 Å². The molecule has 30 heavy (non-hydrogen) atoms. The lowest BCUT2D eigenvalue weighted by Crippen LogP contribution is -2.28. The molecule has 2 aliphatic rings. The number of nitriles is 1. The second-order valence-corrected chi connectivity index (χ2v) is 9.04. The van der Waals surface area contributed by atoms with E-state index in [9.17, 15) is 10.1 Å². The van der Waals surface area contributed by atoms with Crippen LogP contribution in [0.5, 0.6) is 0 Å². The third kappa shape index (κ3) is 3.64. The molecule has 146 valence electrons. The van der Waals surface area contributed by atoms with Gasteiger partial charge in [0.1, 0.15) is 0 Å². The first-order valence-corrected chi connectivity index (χ1v) is 11.3.